The van der Waals surface area contributed by atoms with Gasteiger partial charge in [0.15, 0.2) is 0 Å². The van der Waals surface area contributed by atoms with Gasteiger partial charge in [-0.15, -0.1) is 11.3 Å². The van der Waals surface area contributed by atoms with E-state index in [2.05, 4.69) is 10.1 Å². The number of nitrogens with zero attached hydrogens (tertiary/aromatic N) is 3. The van der Waals surface area contributed by atoms with E-state index < -0.39 is 11.7 Å². The highest BCUT2D eigenvalue weighted by Gasteiger charge is 2.30. The average molecular weight is 351 g/mol. The minimum absolute atomic E-state index is 0.615. The lowest BCUT2D eigenvalue weighted by Gasteiger charge is -2.06. The second kappa shape index (κ2) is 6.05. The molecule has 7 heteroatoms. The Morgan fingerprint density at radius 1 is 1.08 bits per heavy atom. The third kappa shape index (κ3) is 3.36. The predicted octanol–water partition coefficient (Wildman–Crippen LogP) is 5.00. The van der Waals surface area contributed by atoms with E-state index in [0.29, 0.717) is 12.1 Å². The monoisotopic (exact) mass is 351 g/mol. The van der Waals surface area contributed by atoms with Gasteiger partial charge in [0, 0.05) is 16.1 Å². The number of hydrogen-bond acceptors (Lipinski definition) is 3. The number of aromatic nitrogens is 3. The maximum Gasteiger partial charge on any atom is 0.416 e. The number of hydrogen-bond donors (Lipinski definition) is 0. The molecule has 0 aliphatic heterocycles. The van der Waals surface area contributed by atoms with Crippen LogP contribution in [0.15, 0.2) is 30.3 Å². The van der Waals surface area contributed by atoms with E-state index in [1.807, 2.05) is 31.5 Å². The molecule has 0 N–H and O–H groups in total. The Morgan fingerprint density at radius 3 is 2.29 bits per heavy atom. The Labute approximate surface area is 141 Å². The maximum absolute atomic E-state index is 12.6. The fourth-order valence-electron chi connectivity index (χ4n) is 2.47. The second-order valence-corrected chi connectivity index (χ2v) is 6.77. The smallest absolute Gasteiger partial charge is 0.264 e. The first-order chi connectivity index (χ1) is 11.2. The molecular formula is C17H16F3N3S. The summed E-state index contributed by atoms with van der Waals surface area (Å²) in [7, 11) is 0. The standard InChI is InChI=1S/C17H16F3N3S/c1-10-8-11(2)23(22-10)9-15-12(3)21-16(24-15)13-4-6-14(7-5-13)17(18,19)20/h4-8H,9H2,1-3H3. The summed E-state index contributed by atoms with van der Waals surface area (Å²) in [5, 5.41) is 5.16. The van der Waals surface area contributed by atoms with Gasteiger partial charge in [-0.25, -0.2) is 4.98 Å². The Hall–Kier alpha value is -2.15. The number of benzene rings is 1. The Bertz CT molecular complexity index is 860. The first kappa shape index (κ1) is 16.7. The van der Waals surface area contributed by atoms with E-state index in [9.17, 15) is 13.2 Å². The molecule has 0 bridgehead atoms. The zero-order valence-electron chi connectivity index (χ0n) is 13.5. The Morgan fingerprint density at radius 2 is 1.75 bits per heavy atom. The molecule has 0 saturated carbocycles. The lowest BCUT2D eigenvalue weighted by molar-refractivity contribution is -0.137. The molecule has 0 fully saturated rings. The number of alkyl halides is 3. The van der Waals surface area contributed by atoms with Crippen molar-refractivity contribution in [1.29, 1.82) is 0 Å². The second-order valence-electron chi connectivity index (χ2n) is 5.69. The molecule has 126 valence electrons. The zero-order chi connectivity index (χ0) is 17.5. The molecule has 0 unspecified atom stereocenters. The van der Waals surface area contributed by atoms with Gasteiger partial charge in [-0.1, -0.05) is 12.1 Å². The summed E-state index contributed by atoms with van der Waals surface area (Å²) in [4.78, 5) is 5.55. The molecule has 2 heterocycles. The fourth-order valence-corrected chi connectivity index (χ4v) is 3.52. The molecule has 3 rings (SSSR count). The highest BCUT2D eigenvalue weighted by molar-refractivity contribution is 7.15. The van der Waals surface area contributed by atoms with Gasteiger partial charge in [0.1, 0.15) is 5.01 Å². The SMILES string of the molecule is Cc1cc(C)n(Cc2sc(-c3ccc(C(F)(F)F)cc3)nc2C)n1. The molecule has 3 aromatic rings. The van der Waals surface area contributed by atoms with Gasteiger partial charge in [0.25, 0.3) is 0 Å². The summed E-state index contributed by atoms with van der Waals surface area (Å²) in [6.07, 6.45) is -4.32. The predicted molar refractivity (Wildman–Crippen MR) is 88.1 cm³/mol. The number of aryl methyl sites for hydroxylation is 3. The van der Waals surface area contributed by atoms with E-state index in [-0.39, 0.29) is 0 Å². The first-order valence-electron chi connectivity index (χ1n) is 7.39. The summed E-state index contributed by atoms with van der Waals surface area (Å²) >= 11 is 1.49. The normalized spacial score (nSPS) is 11.9. The van der Waals surface area contributed by atoms with Crippen molar-refractivity contribution < 1.29 is 13.2 Å². The lowest BCUT2D eigenvalue weighted by atomic mass is 10.1. The van der Waals surface area contributed by atoms with Crippen molar-refractivity contribution in [3.05, 3.63) is 57.9 Å². The molecule has 24 heavy (non-hydrogen) atoms. The van der Waals surface area contributed by atoms with Gasteiger partial charge in [-0.05, 0) is 39.0 Å². The van der Waals surface area contributed by atoms with Crippen LogP contribution in [-0.2, 0) is 12.7 Å². The van der Waals surface area contributed by atoms with Crippen LogP contribution in [0.2, 0.25) is 0 Å². The number of halogens is 3. The quantitative estimate of drug-likeness (QED) is 0.665. The molecule has 0 radical (unpaired) electrons. The number of rotatable bonds is 3. The minimum atomic E-state index is -4.32. The van der Waals surface area contributed by atoms with Crippen LogP contribution in [0.4, 0.5) is 13.2 Å². The molecule has 0 amide bonds. The van der Waals surface area contributed by atoms with Crippen LogP contribution in [0, 0.1) is 20.8 Å². The van der Waals surface area contributed by atoms with Crippen LogP contribution in [-0.4, -0.2) is 14.8 Å². The van der Waals surface area contributed by atoms with E-state index >= 15 is 0 Å². The van der Waals surface area contributed by atoms with Crippen molar-refractivity contribution in [2.75, 3.05) is 0 Å². The first-order valence-corrected chi connectivity index (χ1v) is 8.20. The third-order valence-corrected chi connectivity index (χ3v) is 4.94. The van der Waals surface area contributed by atoms with Crippen LogP contribution in [0.3, 0.4) is 0 Å². The van der Waals surface area contributed by atoms with Crippen molar-refractivity contribution in [2.45, 2.75) is 33.5 Å². The van der Waals surface area contributed by atoms with Crippen LogP contribution in [0.25, 0.3) is 10.6 Å². The molecule has 0 aliphatic rings. The van der Waals surface area contributed by atoms with Gasteiger partial charge in [-0.2, -0.15) is 18.3 Å². The zero-order valence-corrected chi connectivity index (χ0v) is 14.3. The molecule has 0 spiro atoms. The molecule has 1 aromatic carbocycles. The topological polar surface area (TPSA) is 30.7 Å². The van der Waals surface area contributed by atoms with Crippen LogP contribution in [0.5, 0.6) is 0 Å². The molecule has 0 aliphatic carbocycles. The van der Waals surface area contributed by atoms with Gasteiger partial charge in [-0.3, -0.25) is 4.68 Å². The summed E-state index contributed by atoms with van der Waals surface area (Å²) in [6.45, 7) is 6.46. The fraction of sp³-hybridized carbons (Fsp3) is 0.294. The van der Waals surface area contributed by atoms with Crippen molar-refractivity contribution in [2.24, 2.45) is 0 Å². The molecule has 2 aromatic heterocycles. The van der Waals surface area contributed by atoms with Gasteiger partial charge in [0.2, 0.25) is 0 Å². The van der Waals surface area contributed by atoms with Gasteiger partial charge in [0.05, 0.1) is 23.5 Å². The number of thiazole rings is 1. The van der Waals surface area contributed by atoms with Crippen molar-refractivity contribution in [3.63, 3.8) is 0 Å². The average Bonchev–Trinajstić information content (AvgIpc) is 3.01. The molecular weight excluding hydrogens is 335 g/mol. The molecule has 0 atom stereocenters. The Kier molecular flexibility index (Phi) is 4.21. The van der Waals surface area contributed by atoms with Crippen LogP contribution in [0.1, 0.15) is 27.5 Å². The Balaban J connectivity index is 1.87. The van der Waals surface area contributed by atoms with Crippen LogP contribution < -0.4 is 0 Å². The third-order valence-electron chi connectivity index (χ3n) is 3.75. The van der Waals surface area contributed by atoms with Gasteiger partial charge >= 0.3 is 6.18 Å². The summed E-state index contributed by atoms with van der Waals surface area (Å²) in [5.41, 5.74) is 2.94. The summed E-state index contributed by atoms with van der Waals surface area (Å²) < 4.78 is 39.9. The molecule has 3 nitrogen and oxygen atoms in total. The lowest BCUT2D eigenvalue weighted by Crippen LogP contribution is -2.03. The molecule has 0 saturated heterocycles. The largest absolute Gasteiger partial charge is 0.416 e. The summed E-state index contributed by atoms with van der Waals surface area (Å²) in [6, 6.07) is 7.12. The van der Waals surface area contributed by atoms with E-state index in [1.54, 1.807) is 0 Å². The highest BCUT2D eigenvalue weighted by Crippen LogP contribution is 2.33. The highest BCUT2D eigenvalue weighted by atomic mass is 32.1. The maximum atomic E-state index is 12.6. The van der Waals surface area contributed by atoms with E-state index in [4.69, 9.17) is 0 Å². The van der Waals surface area contributed by atoms with E-state index in [0.717, 1.165) is 39.1 Å². The van der Waals surface area contributed by atoms with Gasteiger partial charge < -0.3 is 0 Å². The minimum Gasteiger partial charge on any atom is -0.264 e. The van der Waals surface area contributed by atoms with Crippen molar-refractivity contribution >= 4 is 11.3 Å². The van der Waals surface area contributed by atoms with Crippen LogP contribution >= 0.6 is 11.3 Å². The summed E-state index contributed by atoms with van der Waals surface area (Å²) in [5.74, 6) is 0. The van der Waals surface area contributed by atoms with Crippen molar-refractivity contribution in [3.8, 4) is 10.6 Å². The van der Waals surface area contributed by atoms with E-state index in [1.165, 1.54) is 23.5 Å². The van der Waals surface area contributed by atoms with Crippen molar-refractivity contribution in [1.82, 2.24) is 14.8 Å².